The maximum absolute atomic E-state index is 5.64. The Labute approximate surface area is 126 Å². The Morgan fingerprint density at radius 2 is 2.14 bits per heavy atom. The number of hydrogen-bond acceptors (Lipinski definition) is 6. The van der Waals surface area contributed by atoms with Gasteiger partial charge < -0.3 is 14.6 Å². The predicted molar refractivity (Wildman–Crippen MR) is 79.1 cm³/mol. The molecule has 0 radical (unpaired) electrons. The molecule has 6 nitrogen and oxygen atoms in total. The van der Waals surface area contributed by atoms with Crippen LogP contribution in [0, 0.1) is 0 Å². The minimum absolute atomic E-state index is 0.173. The van der Waals surface area contributed by atoms with Crippen molar-refractivity contribution >= 4 is 0 Å². The Hall–Kier alpha value is -0.980. The van der Waals surface area contributed by atoms with E-state index in [2.05, 4.69) is 34.2 Å². The Bertz CT molecular complexity index is 448. The Morgan fingerprint density at radius 1 is 1.33 bits per heavy atom. The molecule has 0 saturated carbocycles. The van der Waals surface area contributed by atoms with Gasteiger partial charge in [-0.1, -0.05) is 5.16 Å². The second kappa shape index (κ2) is 6.42. The van der Waals surface area contributed by atoms with Crippen LogP contribution < -0.4 is 5.32 Å². The number of nitrogens with one attached hydrogen (secondary N) is 1. The fraction of sp³-hybridized carbons (Fsp3) is 0.867. The van der Waals surface area contributed by atoms with Gasteiger partial charge >= 0.3 is 0 Å². The van der Waals surface area contributed by atoms with E-state index in [4.69, 9.17) is 9.26 Å². The van der Waals surface area contributed by atoms with E-state index in [0.29, 0.717) is 6.10 Å². The van der Waals surface area contributed by atoms with E-state index in [9.17, 15) is 0 Å². The average Bonchev–Trinajstić information content (AvgIpc) is 3.18. The monoisotopic (exact) mass is 294 g/mol. The molecule has 1 N–H and O–H groups in total. The number of aryl methyl sites for hydroxylation is 1. The molecule has 1 atom stereocenters. The molecule has 0 amide bonds. The molecule has 3 rings (SSSR count). The summed E-state index contributed by atoms with van der Waals surface area (Å²) in [5.41, 5.74) is -0.173. The smallest absolute Gasteiger partial charge is 0.226 e. The summed E-state index contributed by atoms with van der Waals surface area (Å²) in [4.78, 5) is 7.04. The molecule has 1 aromatic rings. The first-order chi connectivity index (χ1) is 10.2. The summed E-state index contributed by atoms with van der Waals surface area (Å²) in [6.45, 7) is 9.33. The summed E-state index contributed by atoms with van der Waals surface area (Å²) in [7, 11) is 0. The number of nitrogens with zero attached hydrogens (tertiary/aromatic N) is 3. The quantitative estimate of drug-likeness (QED) is 0.884. The number of hydrogen-bond donors (Lipinski definition) is 1. The summed E-state index contributed by atoms with van der Waals surface area (Å²) in [5, 5.41) is 7.59. The van der Waals surface area contributed by atoms with Crippen molar-refractivity contribution in [3.8, 4) is 0 Å². The molecule has 1 aromatic heterocycles. The van der Waals surface area contributed by atoms with Gasteiger partial charge in [-0.3, -0.25) is 4.90 Å². The normalized spacial score (nSPS) is 24.6. The minimum atomic E-state index is -0.173. The molecule has 0 aliphatic carbocycles. The van der Waals surface area contributed by atoms with Crippen molar-refractivity contribution in [1.29, 1.82) is 0 Å². The summed E-state index contributed by atoms with van der Waals surface area (Å²) >= 11 is 0. The van der Waals surface area contributed by atoms with Crippen LogP contribution in [0.1, 0.15) is 44.8 Å². The predicted octanol–water partition coefficient (Wildman–Crippen LogP) is 1.32. The van der Waals surface area contributed by atoms with Gasteiger partial charge in [-0.2, -0.15) is 4.98 Å². The van der Waals surface area contributed by atoms with E-state index in [1.165, 1.54) is 6.42 Å². The van der Waals surface area contributed by atoms with Gasteiger partial charge in [0.15, 0.2) is 5.82 Å². The maximum Gasteiger partial charge on any atom is 0.226 e. The van der Waals surface area contributed by atoms with Crippen LogP contribution in [0.4, 0.5) is 0 Å². The molecule has 0 spiro atoms. The summed E-state index contributed by atoms with van der Waals surface area (Å²) in [6, 6.07) is 0. The van der Waals surface area contributed by atoms with E-state index in [1.807, 2.05) is 0 Å². The third-order valence-electron chi connectivity index (χ3n) is 4.63. The average molecular weight is 294 g/mol. The number of rotatable bonds is 5. The van der Waals surface area contributed by atoms with Crippen molar-refractivity contribution < 1.29 is 9.26 Å². The first-order valence-corrected chi connectivity index (χ1v) is 8.07. The lowest BCUT2D eigenvalue weighted by Crippen LogP contribution is -2.52. The lowest BCUT2D eigenvalue weighted by Gasteiger charge is -2.38. The molecule has 118 valence electrons. The number of ether oxygens (including phenoxy) is 1. The fourth-order valence-corrected chi connectivity index (χ4v) is 3.13. The van der Waals surface area contributed by atoms with Gasteiger partial charge in [-0.25, -0.2) is 0 Å². The topological polar surface area (TPSA) is 63.4 Å². The molecule has 2 fully saturated rings. The van der Waals surface area contributed by atoms with Gasteiger partial charge in [-0.15, -0.1) is 0 Å². The number of piperazine rings is 1. The first-order valence-electron chi connectivity index (χ1n) is 8.07. The highest BCUT2D eigenvalue weighted by molar-refractivity contribution is 5.03. The van der Waals surface area contributed by atoms with Crippen LogP contribution in [0.5, 0.6) is 0 Å². The van der Waals surface area contributed by atoms with Crippen LogP contribution in [0.25, 0.3) is 0 Å². The van der Waals surface area contributed by atoms with E-state index in [0.717, 1.165) is 63.8 Å². The Balaban J connectivity index is 1.60. The zero-order valence-electron chi connectivity index (χ0n) is 13.1. The lowest BCUT2D eigenvalue weighted by atomic mass is 10.0. The van der Waals surface area contributed by atoms with Crippen molar-refractivity contribution in [2.45, 2.75) is 51.2 Å². The van der Waals surface area contributed by atoms with Crippen LogP contribution in [0.15, 0.2) is 4.52 Å². The summed E-state index contributed by atoms with van der Waals surface area (Å²) in [5.74, 6) is 1.54. The lowest BCUT2D eigenvalue weighted by molar-refractivity contribution is 0.0924. The molecular weight excluding hydrogens is 268 g/mol. The zero-order valence-corrected chi connectivity index (χ0v) is 13.1. The fourth-order valence-electron chi connectivity index (χ4n) is 3.13. The van der Waals surface area contributed by atoms with Crippen molar-refractivity contribution in [3.05, 3.63) is 11.7 Å². The van der Waals surface area contributed by atoms with Crippen LogP contribution >= 0.6 is 0 Å². The van der Waals surface area contributed by atoms with E-state index < -0.39 is 0 Å². The highest BCUT2D eigenvalue weighted by Gasteiger charge is 2.34. The highest BCUT2D eigenvalue weighted by Crippen LogP contribution is 2.26. The summed E-state index contributed by atoms with van der Waals surface area (Å²) in [6.07, 6.45) is 4.51. The standard InChI is InChI=1S/C15H26N4O2/c1-15(2,19-9-7-16-8-10-19)14-17-13(21-18-14)6-5-12-4-3-11-20-12/h12,16H,3-11H2,1-2H3. The van der Waals surface area contributed by atoms with Gasteiger partial charge in [0.2, 0.25) is 5.89 Å². The second-order valence-electron chi connectivity index (χ2n) is 6.48. The minimum Gasteiger partial charge on any atom is -0.378 e. The molecule has 21 heavy (non-hydrogen) atoms. The summed E-state index contributed by atoms with van der Waals surface area (Å²) < 4.78 is 11.1. The molecule has 2 aliphatic rings. The molecule has 2 aliphatic heterocycles. The third-order valence-corrected chi connectivity index (χ3v) is 4.63. The SMILES string of the molecule is CC(C)(c1noc(CCC2CCCO2)n1)N1CCNCC1. The molecule has 6 heteroatoms. The van der Waals surface area contributed by atoms with Crippen molar-refractivity contribution in [3.63, 3.8) is 0 Å². The van der Waals surface area contributed by atoms with E-state index >= 15 is 0 Å². The van der Waals surface area contributed by atoms with Crippen LogP contribution in [-0.2, 0) is 16.7 Å². The van der Waals surface area contributed by atoms with E-state index in [1.54, 1.807) is 0 Å². The molecule has 0 aromatic carbocycles. The molecule has 3 heterocycles. The third kappa shape index (κ3) is 3.44. The zero-order chi connectivity index (χ0) is 14.7. The largest absolute Gasteiger partial charge is 0.378 e. The van der Waals surface area contributed by atoms with Crippen LogP contribution in [0.2, 0.25) is 0 Å². The van der Waals surface area contributed by atoms with Gasteiger partial charge in [0.05, 0.1) is 11.6 Å². The molecule has 0 bridgehead atoms. The highest BCUT2D eigenvalue weighted by atomic mass is 16.5. The molecular formula is C15H26N4O2. The number of aromatic nitrogens is 2. The Morgan fingerprint density at radius 3 is 2.86 bits per heavy atom. The van der Waals surface area contributed by atoms with Gasteiger partial charge in [0.25, 0.3) is 0 Å². The Kier molecular flexibility index (Phi) is 4.57. The van der Waals surface area contributed by atoms with E-state index in [-0.39, 0.29) is 5.54 Å². The van der Waals surface area contributed by atoms with Gasteiger partial charge in [-0.05, 0) is 33.1 Å². The maximum atomic E-state index is 5.64. The second-order valence-corrected chi connectivity index (χ2v) is 6.48. The molecule has 2 saturated heterocycles. The van der Waals surface area contributed by atoms with Gasteiger partial charge in [0.1, 0.15) is 0 Å². The van der Waals surface area contributed by atoms with Crippen molar-refractivity contribution in [2.24, 2.45) is 0 Å². The van der Waals surface area contributed by atoms with Crippen molar-refractivity contribution in [2.75, 3.05) is 32.8 Å². The first kappa shape index (κ1) is 14.9. The van der Waals surface area contributed by atoms with Crippen LogP contribution in [0.3, 0.4) is 0 Å². The molecule has 1 unspecified atom stereocenters. The van der Waals surface area contributed by atoms with Crippen molar-refractivity contribution in [1.82, 2.24) is 20.4 Å². The van der Waals surface area contributed by atoms with Gasteiger partial charge in [0, 0.05) is 39.2 Å². The van der Waals surface area contributed by atoms with Crippen LogP contribution in [-0.4, -0.2) is 53.9 Å².